The molecule has 0 aromatic heterocycles. The van der Waals surface area contributed by atoms with Gasteiger partial charge in [-0.15, -0.1) is 0 Å². The first-order chi connectivity index (χ1) is 7.90. The molecule has 0 saturated carbocycles. The van der Waals surface area contributed by atoms with E-state index < -0.39 is 26.4 Å². The Balaban J connectivity index is 4.84. The first-order valence-electron chi connectivity index (χ1n) is 6.62. The van der Waals surface area contributed by atoms with E-state index >= 15 is 0 Å². The van der Waals surface area contributed by atoms with Crippen LogP contribution in [0.25, 0.3) is 0 Å². The van der Waals surface area contributed by atoms with Crippen molar-refractivity contribution in [1.29, 1.82) is 0 Å². The van der Waals surface area contributed by atoms with Gasteiger partial charge in [-0.1, -0.05) is 0 Å². The van der Waals surface area contributed by atoms with Gasteiger partial charge in [0.25, 0.3) is 0 Å². The molecule has 0 aliphatic carbocycles. The molecule has 1 radical (unpaired) electrons. The summed E-state index contributed by atoms with van der Waals surface area (Å²) in [5.41, 5.74) is -0.249. The number of hydrogen-bond acceptors (Lipinski definition) is 3. The zero-order valence-corrected chi connectivity index (χ0v) is 19.1. The maximum Gasteiger partial charge on any atom is 0.184 e. The van der Waals surface area contributed by atoms with E-state index in [-0.39, 0.29) is 5.60 Å². The highest BCUT2D eigenvalue weighted by Gasteiger charge is 2.39. The maximum absolute atomic E-state index is 6.40. The first kappa shape index (κ1) is 18.7. The fraction of sp³-hybridized carbons (Fsp3) is 0.909. The van der Waals surface area contributed by atoms with Crippen LogP contribution in [0.4, 0.5) is 0 Å². The van der Waals surface area contributed by atoms with E-state index in [9.17, 15) is 0 Å². The Bertz CT molecular complexity index is 250. The van der Waals surface area contributed by atoms with Gasteiger partial charge in [0, 0.05) is 0 Å². The van der Waals surface area contributed by atoms with Crippen molar-refractivity contribution in [3.63, 3.8) is 0 Å². The monoisotopic (exact) mass is 323 g/mol. The lowest BCUT2D eigenvalue weighted by Crippen LogP contribution is -2.48. The quantitative estimate of drug-likeness (QED) is 0.638. The molecule has 0 aromatic rings. The minimum Gasteiger partial charge on any atom is -0.468 e. The predicted octanol–water partition coefficient (Wildman–Crippen LogP) is 1.80. The second kappa shape index (κ2) is 6.96. The van der Waals surface area contributed by atoms with Crippen molar-refractivity contribution in [3.05, 3.63) is 6.10 Å². The molecule has 0 aromatic carbocycles. The molecular weight excluding hydrogens is 292 g/mol. The fourth-order valence-corrected chi connectivity index (χ4v) is 6.43. The average Bonchev–Trinajstić information content (AvgIpc) is 2.09. The van der Waals surface area contributed by atoms with E-state index in [1.54, 1.807) is 0 Å². The molecule has 18 heavy (non-hydrogen) atoms. The van der Waals surface area contributed by atoms with Crippen molar-refractivity contribution >= 4 is 36.9 Å². The largest absolute Gasteiger partial charge is 0.468 e. The summed E-state index contributed by atoms with van der Waals surface area (Å²) in [6.45, 7) is 17.6. The number of rotatable bonds is 8. The van der Waals surface area contributed by atoms with E-state index in [0.29, 0.717) is 0 Å². The highest BCUT2D eigenvalue weighted by Crippen LogP contribution is 2.34. The summed E-state index contributed by atoms with van der Waals surface area (Å²) < 4.78 is 18.1. The summed E-state index contributed by atoms with van der Waals surface area (Å²) in [4.78, 5) is 0. The standard InChI is InChI=1S/C11H31O3Si4/c1-10(12-17(3,4)5)11(2,9-16-14-15)13-18(6,7)8/h9,16H2,1-8,15H3. The van der Waals surface area contributed by atoms with Crippen molar-refractivity contribution in [2.24, 2.45) is 0 Å². The second-order valence-electron chi connectivity index (χ2n) is 6.96. The summed E-state index contributed by atoms with van der Waals surface area (Å²) in [5, 5.41) is 0. The maximum atomic E-state index is 6.40. The van der Waals surface area contributed by atoms with Crippen LogP contribution in [0.2, 0.25) is 45.3 Å². The van der Waals surface area contributed by atoms with Gasteiger partial charge in [-0.25, -0.2) is 0 Å². The molecule has 0 rings (SSSR count). The zero-order valence-electron chi connectivity index (χ0n) is 13.6. The van der Waals surface area contributed by atoms with Crippen LogP contribution >= 0.6 is 0 Å². The molecule has 0 bridgehead atoms. The van der Waals surface area contributed by atoms with Crippen LogP contribution in [0.3, 0.4) is 0 Å². The zero-order chi connectivity index (χ0) is 14.6. The molecule has 0 aliphatic rings. The van der Waals surface area contributed by atoms with E-state index in [1.807, 2.05) is 0 Å². The summed E-state index contributed by atoms with van der Waals surface area (Å²) in [5.74, 6) is 0. The first-order valence-corrected chi connectivity index (χ1v) is 15.8. The minimum atomic E-state index is -1.59. The summed E-state index contributed by atoms with van der Waals surface area (Å²) in [6.07, 6.45) is 1.05. The van der Waals surface area contributed by atoms with E-state index in [1.165, 1.54) is 0 Å². The van der Waals surface area contributed by atoms with Gasteiger partial charge in [-0.2, -0.15) is 0 Å². The molecule has 0 amide bonds. The van der Waals surface area contributed by atoms with Crippen molar-refractivity contribution in [1.82, 2.24) is 0 Å². The van der Waals surface area contributed by atoms with Crippen LogP contribution in [0.15, 0.2) is 0 Å². The van der Waals surface area contributed by atoms with Crippen molar-refractivity contribution in [2.45, 2.75) is 64.8 Å². The van der Waals surface area contributed by atoms with E-state index in [4.69, 9.17) is 13.0 Å². The smallest absolute Gasteiger partial charge is 0.184 e. The summed E-state index contributed by atoms with van der Waals surface area (Å²) >= 11 is 0. The lowest BCUT2D eigenvalue weighted by atomic mass is 10.0. The Kier molecular flexibility index (Phi) is 7.25. The molecule has 1 unspecified atom stereocenters. The lowest BCUT2D eigenvalue weighted by Gasteiger charge is -2.42. The van der Waals surface area contributed by atoms with Gasteiger partial charge in [-0.05, 0) is 59.2 Å². The molecular formula is C11H31O3Si4. The summed E-state index contributed by atoms with van der Waals surface area (Å²) in [6, 6.07) is 1.01. The topological polar surface area (TPSA) is 27.7 Å². The average molecular weight is 324 g/mol. The Labute approximate surface area is 121 Å². The van der Waals surface area contributed by atoms with Crippen molar-refractivity contribution in [2.75, 3.05) is 0 Å². The molecule has 0 saturated heterocycles. The minimum absolute atomic E-state index is 0.249. The lowest BCUT2D eigenvalue weighted by molar-refractivity contribution is 0.0497. The third kappa shape index (κ3) is 8.03. The Morgan fingerprint density at radius 2 is 1.61 bits per heavy atom. The fourth-order valence-electron chi connectivity index (χ4n) is 1.84. The third-order valence-electron chi connectivity index (χ3n) is 2.52. The van der Waals surface area contributed by atoms with Gasteiger partial charge in [-0.3, -0.25) is 0 Å². The molecule has 109 valence electrons. The van der Waals surface area contributed by atoms with E-state index in [0.717, 1.165) is 22.6 Å². The van der Waals surface area contributed by atoms with Crippen molar-refractivity contribution in [3.8, 4) is 0 Å². The molecule has 1 atom stereocenters. The Hall–Kier alpha value is 0.748. The molecule has 0 N–H and O–H groups in total. The van der Waals surface area contributed by atoms with Gasteiger partial charge in [0.2, 0.25) is 0 Å². The summed E-state index contributed by atoms with van der Waals surface area (Å²) in [7, 11) is -2.79. The van der Waals surface area contributed by atoms with Crippen LogP contribution in [-0.2, 0) is 13.0 Å². The molecule has 0 aliphatic heterocycles. The van der Waals surface area contributed by atoms with Crippen LogP contribution in [0.5, 0.6) is 0 Å². The molecule has 7 heteroatoms. The number of hydrogen-bond donors (Lipinski definition) is 0. The normalized spacial score (nSPS) is 17.8. The highest BCUT2D eigenvalue weighted by atomic mass is 28.4. The molecule has 0 fully saturated rings. The molecule has 0 heterocycles. The SMILES string of the molecule is C[C](O[Si](C)(C)C)C(C)(C[SiH2]O[SiH3])O[Si](C)(C)C. The Morgan fingerprint density at radius 1 is 1.11 bits per heavy atom. The van der Waals surface area contributed by atoms with Gasteiger partial charge < -0.3 is 13.0 Å². The highest BCUT2D eigenvalue weighted by molar-refractivity contribution is 6.70. The second-order valence-corrected chi connectivity index (χ2v) is 19.0. The van der Waals surface area contributed by atoms with Crippen LogP contribution in [0, 0.1) is 6.10 Å². The van der Waals surface area contributed by atoms with Crippen LogP contribution in [0.1, 0.15) is 13.8 Å². The van der Waals surface area contributed by atoms with Crippen molar-refractivity contribution < 1.29 is 13.0 Å². The third-order valence-corrected chi connectivity index (χ3v) is 7.29. The predicted molar refractivity (Wildman–Crippen MR) is 90.6 cm³/mol. The molecule has 3 nitrogen and oxygen atoms in total. The van der Waals surface area contributed by atoms with Gasteiger partial charge >= 0.3 is 0 Å². The Morgan fingerprint density at radius 3 is 1.94 bits per heavy atom. The van der Waals surface area contributed by atoms with Crippen LogP contribution in [-0.4, -0.2) is 42.5 Å². The van der Waals surface area contributed by atoms with Crippen LogP contribution < -0.4 is 0 Å². The molecule has 0 spiro atoms. The van der Waals surface area contributed by atoms with Gasteiger partial charge in [0.1, 0.15) is 26.4 Å². The van der Waals surface area contributed by atoms with Gasteiger partial charge in [0.15, 0.2) is 16.6 Å². The van der Waals surface area contributed by atoms with Gasteiger partial charge in [0.05, 0.1) is 5.60 Å². The van der Waals surface area contributed by atoms with E-state index in [2.05, 4.69) is 53.1 Å².